The Kier molecular flexibility index (Phi) is 6.28. The van der Waals surface area contributed by atoms with Gasteiger partial charge in [-0.05, 0) is 53.1 Å². The van der Waals surface area contributed by atoms with Crippen LogP contribution in [0, 0.1) is 0 Å². The van der Waals surface area contributed by atoms with Crippen molar-refractivity contribution >= 4 is 29.1 Å². The summed E-state index contributed by atoms with van der Waals surface area (Å²) >= 11 is 12.2. The Morgan fingerprint density at radius 3 is 2.03 bits per heavy atom. The van der Waals surface area contributed by atoms with E-state index in [-0.39, 0.29) is 24.7 Å². The molecule has 1 saturated heterocycles. The Bertz CT molecular complexity index is 1000. The van der Waals surface area contributed by atoms with Crippen LogP contribution < -0.4 is 4.74 Å². The van der Waals surface area contributed by atoms with Gasteiger partial charge in [-0.15, -0.1) is 0 Å². The SMILES string of the molecule is COc1ccc(CN2C(=O)CO[C@H](c3ccc(Cl)cc3)[C@@H]2c2ccc(Cl)cc2)cc1. The van der Waals surface area contributed by atoms with Crippen molar-refractivity contribution < 1.29 is 14.3 Å². The first-order valence-corrected chi connectivity index (χ1v) is 10.4. The smallest absolute Gasteiger partial charge is 0.249 e. The molecule has 4 nitrogen and oxygen atoms in total. The molecule has 2 atom stereocenters. The molecule has 1 aliphatic heterocycles. The number of morpholine rings is 1. The van der Waals surface area contributed by atoms with E-state index < -0.39 is 0 Å². The van der Waals surface area contributed by atoms with Crippen LogP contribution in [0.3, 0.4) is 0 Å². The maximum atomic E-state index is 12.9. The number of hydrogen-bond acceptors (Lipinski definition) is 3. The molecule has 6 heteroatoms. The van der Waals surface area contributed by atoms with E-state index >= 15 is 0 Å². The van der Waals surface area contributed by atoms with Gasteiger partial charge in [0.05, 0.1) is 13.2 Å². The first kappa shape index (κ1) is 20.7. The fraction of sp³-hybridized carbons (Fsp3) is 0.208. The molecule has 0 saturated carbocycles. The second-order valence-corrected chi connectivity index (χ2v) is 8.02. The van der Waals surface area contributed by atoms with Crippen molar-refractivity contribution in [1.82, 2.24) is 4.90 Å². The molecule has 0 bridgehead atoms. The zero-order chi connectivity index (χ0) is 21.1. The number of rotatable bonds is 5. The molecule has 1 heterocycles. The van der Waals surface area contributed by atoms with Crippen molar-refractivity contribution in [1.29, 1.82) is 0 Å². The molecule has 30 heavy (non-hydrogen) atoms. The van der Waals surface area contributed by atoms with Crippen molar-refractivity contribution in [3.05, 3.63) is 99.5 Å². The molecule has 0 aromatic heterocycles. The van der Waals surface area contributed by atoms with Gasteiger partial charge in [-0.25, -0.2) is 0 Å². The molecule has 3 aromatic rings. The molecule has 1 amide bonds. The average molecular weight is 442 g/mol. The van der Waals surface area contributed by atoms with Crippen LogP contribution in [-0.2, 0) is 16.1 Å². The highest BCUT2D eigenvalue weighted by molar-refractivity contribution is 6.30. The summed E-state index contributed by atoms with van der Waals surface area (Å²) in [5, 5.41) is 1.30. The molecule has 0 spiro atoms. The highest BCUT2D eigenvalue weighted by Crippen LogP contribution is 2.41. The fourth-order valence-corrected chi connectivity index (χ4v) is 3.97. The molecule has 0 unspecified atom stereocenters. The third kappa shape index (κ3) is 4.46. The van der Waals surface area contributed by atoms with Crippen LogP contribution in [0.25, 0.3) is 0 Å². The van der Waals surface area contributed by atoms with Gasteiger partial charge in [0, 0.05) is 16.6 Å². The lowest BCUT2D eigenvalue weighted by molar-refractivity contribution is -0.159. The lowest BCUT2D eigenvalue weighted by Gasteiger charge is -2.41. The predicted molar refractivity (Wildman–Crippen MR) is 118 cm³/mol. The highest BCUT2D eigenvalue weighted by Gasteiger charge is 2.38. The number of benzene rings is 3. The van der Waals surface area contributed by atoms with Crippen molar-refractivity contribution in [2.75, 3.05) is 13.7 Å². The van der Waals surface area contributed by atoms with Gasteiger partial charge in [0.1, 0.15) is 18.5 Å². The van der Waals surface area contributed by atoms with Crippen LogP contribution in [0.1, 0.15) is 28.8 Å². The number of carbonyl (C=O) groups excluding carboxylic acids is 1. The molecule has 0 aliphatic carbocycles. The molecule has 1 aliphatic rings. The lowest BCUT2D eigenvalue weighted by atomic mass is 9.92. The van der Waals surface area contributed by atoms with Crippen LogP contribution in [0.2, 0.25) is 10.0 Å². The van der Waals surface area contributed by atoms with E-state index in [2.05, 4.69) is 0 Å². The van der Waals surface area contributed by atoms with E-state index in [4.69, 9.17) is 32.7 Å². The topological polar surface area (TPSA) is 38.8 Å². The Morgan fingerprint density at radius 2 is 1.47 bits per heavy atom. The average Bonchev–Trinajstić information content (AvgIpc) is 2.77. The van der Waals surface area contributed by atoms with E-state index in [0.717, 1.165) is 22.4 Å². The van der Waals surface area contributed by atoms with Crippen LogP contribution in [0.4, 0.5) is 0 Å². The predicted octanol–water partition coefficient (Wildman–Crippen LogP) is 5.84. The first-order chi connectivity index (χ1) is 14.5. The standard InChI is InChI=1S/C24H21Cl2NO3/c1-29-21-12-2-16(3-13-21)14-27-22(28)15-30-24(18-6-10-20(26)11-7-18)23(27)17-4-8-19(25)9-5-17/h2-13,23-24H,14-15H2,1H3/t23-,24+/m0/s1. The largest absolute Gasteiger partial charge is 0.497 e. The number of amides is 1. The monoisotopic (exact) mass is 441 g/mol. The molecule has 1 fully saturated rings. The first-order valence-electron chi connectivity index (χ1n) is 9.60. The summed E-state index contributed by atoms with van der Waals surface area (Å²) in [5.41, 5.74) is 2.94. The number of hydrogen-bond donors (Lipinski definition) is 0. The molecule has 154 valence electrons. The molecule has 0 radical (unpaired) electrons. The van der Waals surface area contributed by atoms with E-state index in [0.29, 0.717) is 16.6 Å². The number of methoxy groups -OCH3 is 1. The lowest BCUT2D eigenvalue weighted by Crippen LogP contribution is -2.45. The van der Waals surface area contributed by atoms with Crippen molar-refractivity contribution in [3.8, 4) is 5.75 Å². The van der Waals surface area contributed by atoms with Gasteiger partial charge in [0.25, 0.3) is 0 Å². The van der Waals surface area contributed by atoms with Gasteiger partial charge in [-0.3, -0.25) is 4.79 Å². The summed E-state index contributed by atoms with van der Waals surface area (Å²) in [5.74, 6) is 0.719. The Balaban J connectivity index is 1.72. The van der Waals surface area contributed by atoms with Gasteiger partial charge in [0.15, 0.2) is 0 Å². The van der Waals surface area contributed by atoms with Crippen molar-refractivity contribution in [2.24, 2.45) is 0 Å². The zero-order valence-electron chi connectivity index (χ0n) is 16.4. The maximum Gasteiger partial charge on any atom is 0.249 e. The normalized spacial score (nSPS) is 19.0. The Morgan fingerprint density at radius 1 is 0.900 bits per heavy atom. The molecule has 4 rings (SSSR count). The summed E-state index contributed by atoms with van der Waals surface area (Å²) in [7, 11) is 1.63. The van der Waals surface area contributed by atoms with Crippen LogP contribution in [0.15, 0.2) is 72.8 Å². The minimum Gasteiger partial charge on any atom is -0.497 e. The van der Waals surface area contributed by atoms with Crippen molar-refractivity contribution in [2.45, 2.75) is 18.7 Å². The van der Waals surface area contributed by atoms with Gasteiger partial charge in [-0.1, -0.05) is 59.6 Å². The highest BCUT2D eigenvalue weighted by atomic mass is 35.5. The number of nitrogens with zero attached hydrogens (tertiary/aromatic N) is 1. The second-order valence-electron chi connectivity index (χ2n) is 7.15. The van der Waals surface area contributed by atoms with Gasteiger partial charge in [0.2, 0.25) is 5.91 Å². The Labute approximate surface area is 185 Å². The van der Waals surface area contributed by atoms with Gasteiger partial charge in [-0.2, -0.15) is 0 Å². The van der Waals surface area contributed by atoms with Gasteiger partial charge < -0.3 is 14.4 Å². The zero-order valence-corrected chi connectivity index (χ0v) is 17.9. The summed E-state index contributed by atoms with van der Waals surface area (Å²) in [6.07, 6.45) is -0.320. The van der Waals surface area contributed by atoms with Crippen LogP contribution in [0.5, 0.6) is 5.75 Å². The molecule has 0 N–H and O–H groups in total. The van der Waals surface area contributed by atoms with E-state index in [1.807, 2.05) is 77.7 Å². The van der Waals surface area contributed by atoms with Crippen LogP contribution in [-0.4, -0.2) is 24.5 Å². The van der Waals surface area contributed by atoms with E-state index in [1.54, 1.807) is 7.11 Å². The number of ether oxygens (including phenoxy) is 2. The molecular formula is C24H21Cl2NO3. The summed E-state index contributed by atoms with van der Waals surface area (Å²) < 4.78 is 11.3. The second kappa shape index (κ2) is 9.09. The van der Waals surface area contributed by atoms with E-state index in [9.17, 15) is 4.79 Å². The molecule has 3 aromatic carbocycles. The number of carbonyl (C=O) groups is 1. The minimum atomic E-state index is -0.320. The fourth-order valence-electron chi connectivity index (χ4n) is 3.71. The summed E-state index contributed by atoms with van der Waals surface area (Å²) in [6.45, 7) is 0.483. The summed E-state index contributed by atoms with van der Waals surface area (Å²) in [4.78, 5) is 14.8. The molecular weight excluding hydrogens is 421 g/mol. The maximum absolute atomic E-state index is 12.9. The third-order valence-electron chi connectivity index (χ3n) is 5.25. The Hall–Kier alpha value is -2.53. The third-order valence-corrected chi connectivity index (χ3v) is 5.76. The summed E-state index contributed by atoms with van der Waals surface area (Å²) in [6, 6.07) is 22.5. The van der Waals surface area contributed by atoms with Gasteiger partial charge >= 0.3 is 0 Å². The minimum absolute atomic E-state index is 0.0214. The van der Waals surface area contributed by atoms with Crippen LogP contribution >= 0.6 is 23.2 Å². The van der Waals surface area contributed by atoms with Crippen molar-refractivity contribution in [3.63, 3.8) is 0 Å². The number of halogens is 2. The van der Waals surface area contributed by atoms with E-state index in [1.165, 1.54) is 0 Å². The quantitative estimate of drug-likeness (QED) is 0.498.